The molecule has 0 amide bonds. The van der Waals surface area contributed by atoms with Crippen molar-refractivity contribution in [3.8, 4) is 0 Å². The fraction of sp³-hybridized carbons (Fsp3) is 0.0909. The smallest absolute Gasteiger partial charge is 0.158 e. The van der Waals surface area contributed by atoms with E-state index in [-0.39, 0.29) is 20.9 Å². The van der Waals surface area contributed by atoms with Gasteiger partial charge in [0.05, 0.1) is 25.8 Å². The molecular weight excluding hydrogens is 339 g/mol. The Kier molecular flexibility index (Phi) is 4.43. The Bertz CT molecular complexity index is 765. The molecule has 3 N–H and O–H groups in total. The summed E-state index contributed by atoms with van der Waals surface area (Å²) in [6, 6.07) is 4.98. The van der Waals surface area contributed by atoms with E-state index in [1.165, 1.54) is 24.2 Å². The van der Waals surface area contributed by atoms with Gasteiger partial charge in [-0.1, -0.05) is 41.0 Å². The van der Waals surface area contributed by atoms with Crippen molar-refractivity contribution >= 4 is 50.5 Å². The molecule has 106 valence electrons. The maximum absolute atomic E-state index is 11.8. The lowest BCUT2D eigenvalue weighted by molar-refractivity contribution is 0.679. The molecule has 2 aromatic rings. The zero-order valence-electron chi connectivity index (χ0n) is 10.3. The summed E-state index contributed by atoms with van der Waals surface area (Å²) < 4.78 is 19.5. The van der Waals surface area contributed by atoms with Gasteiger partial charge < -0.3 is 5.73 Å². The molecule has 0 bridgehead atoms. The Labute approximate surface area is 130 Å². The Morgan fingerprint density at radius 1 is 1.40 bits per heavy atom. The number of hydrogen-bond acceptors (Lipinski definition) is 6. The minimum Gasteiger partial charge on any atom is -0.381 e. The Hall–Kier alpha value is -1.02. The van der Waals surface area contributed by atoms with Crippen molar-refractivity contribution in [2.24, 2.45) is 0 Å². The lowest BCUT2D eigenvalue weighted by atomic mass is 10.4. The number of halogens is 2. The van der Waals surface area contributed by atoms with Crippen LogP contribution < -0.4 is 5.73 Å². The first kappa shape index (κ1) is 15.4. The van der Waals surface area contributed by atoms with Crippen molar-refractivity contribution in [3.05, 3.63) is 34.6 Å². The molecule has 1 aromatic heterocycles. The van der Waals surface area contributed by atoms with Gasteiger partial charge in [-0.05, 0) is 12.1 Å². The maximum Gasteiger partial charge on any atom is 0.158 e. The van der Waals surface area contributed by atoms with Crippen LogP contribution in [0.3, 0.4) is 0 Å². The highest BCUT2D eigenvalue weighted by molar-refractivity contribution is 7.99. The quantitative estimate of drug-likeness (QED) is 0.884. The summed E-state index contributed by atoms with van der Waals surface area (Å²) >= 11 is 13.1. The number of nitrogen functional groups attached to an aromatic ring is 1. The van der Waals surface area contributed by atoms with E-state index in [0.717, 1.165) is 0 Å². The highest BCUT2D eigenvalue weighted by Gasteiger charge is 2.15. The van der Waals surface area contributed by atoms with Crippen LogP contribution in [0.1, 0.15) is 0 Å². The molecule has 1 atom stereocenters. The number of anilines is 1. The van der Waals surface area contributed by atoms with Crippen molar-refractivity contribution in [3.63, 3.8) is 0 Å². The number of aromatic nitrogens is 2. The number of nitrogens with zero attached hydrogens (tertiary/aromatic N) is 2. The van der Waals surface area contributed by atoms with Gasteiger partial charge in [0.25, 0.3) is 0 Å². The summed E-state index contributed by atoms with van der Waals surface area (Å²) in [6.45, 7) is 0. The predicted molar refractivity (Wildman–Crippen MR) is 82.1 cm³/mol. The average molecular weight is 349 g/mol. The molecule has 0 saturated heterocycles. The molecule has 0 saturated carbocycles. The molecule has 2 rings (SSSR count). The molecule has 20 heavy (non-hydrogen) atoms. The molecule has 5 nitrogen and oxygen atoms in total. The first-order valence-corrected chi connectivity index (χ1v) is 8.81. The standard InChI is InChI=1S/C11H10Cl2N4OS2/c1-20(15,18)7-4-2-3-6(9(7)13)19-11-10(14)17-8(12)5-16-11/h2-5,15H,1H3,(H2,14,17). The van der Waals surface area contributed by atoms with Gasteiger partial charge in [-0.25, -0.2) is 19.0 Å². The number of nitrogens with two attached hydrogens (primary N) is 1. The molecule has 1 heterocycles. The van der Waals surface area contributed by atoms with Gasteiger partial charge in [0.15, 0.2) is 5.82 Å². The van der Waals surface area contributed by atoms with Gasteiger partial charge in [0.2, 0.25) is 0 Å². The molecule has 1 unspecified atom stereocenters. The SMILES string of the molecule is CS(=N)(=O)c1cccc(Sc2ncc(Cl)nc2N)c1Cl. The van der Waals surface area contributed by atoms with Crippen LogP contribution in [0.25, 0.3) is 0 Å². The highest BCUT2D eigenvalue weighted by atomic mass is 35.5. The van der Waals surface area contributed by atoms with Gasteiger partial charge in [0.1, 0.15) is 10.2 Å². The van der Waals surface area contributed by atoms with Gasteiger partial charge in [0, 0.05) is 11.2 Å². The van der Waals surface area contributed by atoms with E-state index < -0.39 is 9.73 Å². The Morgan fingerprint density at radius 3 is 2.70 bits per heavy atom. The lowest BCUT2D eigenvalue weighted by Gasteiger charge is -2.09. The summed E-state index contributed by atoms with van der Waals surface area (Å²) in [5.74, 6) is 0.187. The van der Waals surface area contributed by atoms with Crippen LogP contribution in [0, 0.1) is 4.78 Å². The largest absolute Gasteiger partial charge is 0.381 e. The van der Waals surface area contributed by atoms with Crippen LogP contribution in [0.2, 0.25) is 10.2 Å². The van der Waals surface area contributed by atoms with Gasteiger partial charge in [-0.15, -0.1) is 0 Å². The third-order valence-electron chi connectivity index (χ3n) is 2.29. The number of hydrogen-bond donors (Lipinski definition) is 2. The number of rotatable bonds is 3. The maximum atomic E-state index is 11.8. The first-order chi connectivity index (χ1) is 9.29. The van der Waals surface area contributed by atoms with E-state index in [1.54, 1.807) is 18.2 Å². The van der Waals surface area contributed by atoms with Crippen LogP contribution in [0.5, 0.6) is 0 Å². The molecule has 0 aliphatic carbocycles. The first-order valence-electron chi connectivity index (χ1n) is 5.27. The monoisotopic (exact) mass is 348 g/mol. The molecule has 0 aliphatic heterocycles. The zero-order chi connectivity index (χ0) is 14.9. The van der Waals surface area contributed by atoms with Gasteiger partial charge in [-0.2, -0.15) is 0 Å². The Balaban J connectivity index is 2.45. The summed E-state index contributed by atoms with van der Waals surface area (Å²) in [5, 5.41) is 0.909. The second kappa shape index (κ2) is 5.77. The van der Waals surface area contributed by atoms with Crippen LogP contribution in [0.4, 0.5) is 5.82 Å². The lowest BCUT2D eigenvalue weighted by Crippen LogP contribution is -1.98. The fourth-order valence-corrected chi connectivity index (χ4v) is 3.91. The van der Waals surface area contributed by atoms with E-state index in [2.05, 4.69) is 9.97 Å². The topological polar surface area (TPSA) is 92.7 Å². The van der Waals surface area contributed by atoms with E-state index in [1.807, 2.05) is 0 Å². The molecule has 9 heteroatoms. The molecule has 0 radical (unpaired) electrons. The second-order valence-corrected chi connectivity index (χ2v) is 7.82. The predicted octanol–water partition coefficient (Wildman–Crippen LogP) is 3.55. The van der Waals surface area contributed by atoms with Gasteiger partial charge in [-0.3, -0.25) is 0 Å². The molecule has 1 aromatic carbocycles. The minimum absolute atomic E-state index is 0.187. The normalized spacial score (nSPS) is 13.9. The average Bonchev–Trinajstić information content (AvgIpc) is 2.33. The van der Waals surface area contributed by atoms with Crippen molar-refractivity contribution < 1.29 is 4.21 Å². The van der Waals surface area contributed by atoms with Crippen LogP contribution in [0.15, 0.2) is 39.2 Å². The van der Waals surface area contributed by atoms with Crippen molar-refractivity contribution in [1.29, 1.82) is 4.78 Å². The minimum atomic E-state index is -2.90. The third kappa shape index (κ3) is 3.35. The number of benzene rings is 1. The zero-order valence-corrected chi connectivity index (χ0v) is 13.4. The molecule has 0 fully saturated rings. The fourth-order valence-electron chi connectivity index (χ4n) is 1.42. The van der Waals surface area contributed by atoms with Crippen LogP contribution in [-0.2, 0) is 9.73 Å². The van der Waals surface area contributed by atoms with E-state index >= 15 is 0 Å². The molecule has 0 aliphatic rings. The number of nitrogens with one attached hydrogen (secondary N) is 1. The van der Waals surface area contributed by atoms with E-state index in [4.69, 9.17) is 33.7 Å². The summed E-state index contributed by atoms with van der Waals surface area (Å²) in [5.41, 5.74) is 5.73. The third-order valence-corrected chi connectivity index (χ3v) is 5.35. The van der Waals surface area contributed by atoms with Crippen molar-refractivity contribution in [2.45, 2.75) is 14.8 Å². The summed E-state index contributed by atoms with van der Waals surface area (Å²) in [6.07, 6.45) is 2.70. The van der Waals surface area contributed by atoms with E-state index in [9.17, 15) is 4.21 Å². The summed E-state index contributed by atoms with van der Waals surface area (Å²) in [4.78, 5) is 8.85. The highest BCUT2D eigenvalue weighted by Crippen LogP contribution is 2.37. The van der Waals surface area contributed by atoms with Crippen molar-refractivity contribution in [2.75, 3.05) is 12.0 Å². The van der Waals surface area contributed by atoms with Crippen LogP contribution in [-0.4, -0.2) is 20.4 Å². The van der Waals surface area contributed by atoms with Crippen molar-refractivity contribution in [1.82, 2.24) is 9.97 Å². The van der Waals surface area contributed by atoms with E-state index in [0.29, 0.717) is 9.92 Å². The van der Waals surface area contributed by atoms with Gasteiger partial charge >= 0.3 is 0 Å². The summed E-state index contributed by atoms with van der Waals surface area (Å²) in [7, 11) is -2.90. The molecular formula is C11H10Cl2N4OS2. The van der Waals surface area contributed by atoms with Crippen LogP contribution >= 0.6 is 35.0 Å². The Morgan fingerprint density at radius 2 is 2.10 bits per heavy atom. The molecule has 0 spiro atoms. The second-order valence-electron chi connectivity index (χ2n) is 3.90.